The number of hydrogen-bond acceptors (Lipinski definition) is 3. The van der Waals surface area contributed by atoms with Crippen LogP contribution < -0.4 is 0 Å². The molecule has 2 amide bonds. The van der Waals surface area contributed by atoms with Gasteiger partial charge in [0, 0.05) is 13.1 Å². The minimum absolute atomic E-state index is 0.0670. The van der Waals surface area contributed by atoms with Gasteiger partial charge in [-0.1, -0.05) is 0 Å². The van der Waals surface area contributed by atoms with Gasteiger partial charge in [-0.25, -0.2) is 4.79 Å². The highest BCUT2D eigenvalue weighted by atomic mass is 16.4. The second kappa shape index (κ2) is 3.88. The molecule has 6 heteroatoms. The quantitative estimate of drug-likeness (QED) is 0.537. The first-order chi connectivity index (χ1) is 6.19. The molecular formula is C7H10N2O4. The summed E-state index contributed by atoms with van der Waals surface area (Å²) in [5.41, 5.74) is 0. The van der Waals surface area contributed by atoms with E-state index in [0.717, 1.165) is 0 Å². The van der Waals surface area contributed by atoms with Gasteiger partial charge in [-0.2, -0.15) is 0 Å². The van der Waals surface area contributed by atoms with E-state index in [2.05, 4.69) is 0 Å². The van der Waals surface area contributed by atoms with Crippen molar-refractivity contribution in [2.24, 2.45) is 0 Å². The molecule has 1 N–H and O–H groups in total. The van der Waals surface area contributed by atoms with E-state index in [1.165, 1.54) is 9.80 Å². The van der Waals surface area contributed by atoms with Crippen LogP contribution in [0.1, 0.15) is 0 Å². The van der Waals surface area contributed by atoms with Crippen LogP contribution in [0, 0.1) is 0 Å². The lowest BCUT2D eigenvalue weighted by Gasteiger charge is -2.35. The first kappa shape index (κ1) is 9.50. The third-order valence-corrected chi connectivity index (χ3v) is 2.02. The van der Waals surface area contributed by atoms with E-state index in [4.69, 9.17) is 5.11 Å². The van der Waals surface area contributed by atoms with Crippen molar-refractivity contribution >= 4 is 18.8 Å². The van der Waals surface area contributed by atoms with Crippen LogP contribution >= 0.6 is 0 Å². The molecule has 1 rings (SSSR count). The Balaban J connectivity index is 2.67. The number of rotatable bonds is 3. The summed E-state index contributed by atoms with van der Waals surface area (Å²) >= 11 is 0. The molecule has 0 spiro atoms. The Labute approximate surface area is 74.7 Å². The normalized spacial score (nSPS) is 22.6. The minimum Gasteiger partial charge on any atom is -0.480 e. The fourth-order valence-electron chi connectivity index (χ4n) is 1.26. The van der Waals surface area contributed by atoms with Crippen LogP contribution in [0.5, 0.6) is 0 Å². The van der Waals surface area contributed by atoms with Crippen molar-refractivity contribution in [1.82, 2.24) is 9.80 Å². The van der Waals surface area contributed by atoms with Gasteiger partial charge < -0.3 is 14.9 Å². The maximum absolute atomic E-state index is 10.6. The predicted molar refractivity (Wildman–Crippen MR) is 41.8 cm³/mol. The SMILES string of the molecule is O=CN1CCN(C=O)C(C(=O)O)C1. The molecule has 1 aliphatic heterocycles. The van der Waals surface area contributed by atoms with Crippen molar-refractivity contribution in [1.29, 1.82) is 0 Å². The summed E-state index contributed by atoms with van der Waals surface area (Å²) in [7, 11) is 0. The van der Waals surface area contributed by atoms with Gasteiger partial charge in [0.25, 0.3) is 0 Å². The lowest BCUT2D eigenvalue weighted by molar-refractivity contribution is -0.150. The van der Waals surface area contributed by atoms with Crippen molar-refractivity contribution in [3.8, 4) is 0 Å². The zero-order valence-corrected chi connectivity index (χ0v) is 6.92. The maximum Gasteiger partial charge on any atom is 0.328 e. The molecule has 0 radical (unpaired) electrons. The topological polar surface area (TPSA) is 77.9 Å². The molecular weight excluding hydrogens is 176 g/mol. The molecule has 0 saturated carbocycles. The maximum atomic E-state index is 10.6. The molecule has 0 aromatic rings. The van der Waals surface area contributed by atoms with E-state index in [1.54, 1.807) is 0 Å². The summed E-state index contributed by atoms with van der Waals surface area (Å²) in [6, 6.07) is -0.906. The smallest absolute Gasteiger partial charge is 0.328 e. The molecule has 1 atom stereocenters. The number of hydrogen-bond donors (Lipinski definition) is 1. The molecule has 6 nitrogen and oxygen atoms in total. The third kappa shape index (κ3) is 1.95. The van der Waals surface area contributed by atoms with Gasteiger partial charge in [0.15, 0.2) is 0 Å². The standard InChI is InChI=1S/C7H10N2O4/c10-4-8-1-2-9(5-11)6(3-8)7(12)13/h4-6H,1-3H2,(H,12,13). The van der Waals surface area contributed by atoms with Gasteiger partial charge >= 0.3 is 5.97 Å². The van der Waals surface area contributed by atoms with Crippen LogP contribution in [0.2, 0.25) is 0 Å². The number of carbonyl (C=O) groups is 3. The molecule has 72 valence electrons. The molecule has 0 bridgehead atoms. The highest BCUT2D eigenvalue weighted by Gasteiger charge is 2.30. The fourth-order valence-corrected chi connectivity index (χ4v) is 1.26. The number of carbonyl (C=O) groups excluding carboxylic acids is 2. The summed E-state index contributed by atoms with van der Waals surface area (Å²) in [4.78, 5) is 33.9. The average Bonchev–Trinajstić information content (AvgIpc) is 2.16. The van der Waals surface area contributed by atoms with Crippen LogP contribution in [0.25, 0.3) is 0 Å². The van der Waals surface area contributed by atoms with Gasteiger partial charge in [0.05, 0.1) is 6.54 Å². The van der Waals surface area contributed by atoms with Crippen LogP contribution in [-0.2, 0) is 14.4 Å². The van der Waals surface area contributed by atoms with Crippen LogP contribution in [0.3, 0.4) is 0 Å². The van der Waals surface area contributed by atoms with Gasteiger partial charge in [0.1, 0.15) is 6.04 Å². The molecule has 13 heavy (non-hydrogen) atoms. The van der Waals surface area contributed by atoms with Crippen LogP contribution in [0.15, 0.2) is 0 Å². The van der Waals surface area contributed by atoms with Crippen LogP contribution in [-0.4, -0.2) is 59.4 Å². The number of carboxylic acid groups (broad SMARTS) is 1. The fraction of sp³-hybridized carbons (Fsp3) is 0.571. The number of piperazine rings is 1. The third-order valence-electron chi connectivity index (χ3n) is 2.02. The Morgan fingerprint density at radius 2 is 2.00 bits per heavy atom. The second-order valence-electron chi connectivity index (χ2n) is 2.80. The Hall–Kier alpha value is -1.59. The summed E-state index contributed by atoms with van der Waals surface area (Å²) in [6.07, 6.45) is 1.10. The van der Waals surface area contributed by atoms with Crippen molar-refractivity contribution in [2.45, 2.75) is 6.04 Å². The van der Waals surface area contributed by atoms with E-state index < -0.39 is 12.0 Å². The molecule has 1 aliphatic rings. The molecule has 0 aliphatic carbocycles. The first-order valence-corrected chi connectivity index (χ1v) is 3.82. The molecule has 1 heterocycles. The molecule has 0 aromatic carbocycles. The lowest BCUT2D eigenvalue weighted by Crippen LogP contribution is -2.55. The van der Waals surface area contributed by atoms with Gasteiger partial charge in [0.2, 0.25) is 12.8 Å². The largest absolute Gasteiger partial charge is 0.480 e. The number of carboxylic acids is 1. The Bertz CT molecular complexity index is 231. The number of amides is 2. The van der Waals surface area contributed by atoms with Crippen molar-refractivity contribution in [2.75, 3.05) is 19.6 Å². The first-order valence-electron chi connectivity index (χ1n) is 3.82. The Morgan fingerprint density at radius 3 is 2.46 bits per heavy atom. The molecule has 0 aromatic heterocycles. The summed E-state index contributed by atoms with van der Waals surface area (Å²) in [6.45, 7) is 0.739. The van der Waals surface area contributed by atoms with Crippen molar-refractivity contribution < 1.29 is 19.5 Å². The van der Waals surface area contributed by atoms with E-state index in [-0.39, 0.29) is 13.1 Å². The second-order valence-corrected chi connectivity index (χ2v) is 2.80. The van der Waals surface area contributed by atoms with Gasteiger partial charge in [-0.15, -0.1) is 0 Å². The monoisotopic (exact) mass is 186 g/mol. The lowest BCUT2D eigenvalue weighted by atomic mass is 10.2. The van der Waals surface area contributed by atoms with E-state index in [9.17, 15) is 14.4 Å². The summed E-state index contributed by atoms with van der Waals surface area (Å²) in [5.74, 6) is -1.08. The Kier molecular flexibility index (Phi) is 2.84. The highest BCUT2D eigenvalue weighted by Crippen LogP contribution is 2.06. The molecule has 1 fully saturated rings. The van der Waals surface area contributed by atoms with Crippen molar-refractivity contribution in [3.63, 3.8) is 0 Å². The van der Waals surface area contributed by atoms with Crippen LogP contribution in [0.4, 0.5) is 0 Å². The zero-order valence-electron chi connectivity index (χ0n) is 6.92. The van der Waals surface area contributed by atoms with E-state index in [1.807, 2.05) is 0 Å². The van der Waals surface area contributed by atoms with Gasteiger partial charge in [-0.3, -0.25) is 9.59 Å². The number of aliphatic carboxylic acids is 1. The average molecular weight is 186 g/mol. The molecule has 1 saturated heterocycles. The predicted octanol–water partition coefficient (Wildman–Crippen LogP) is -1.63. The van der Waals surface area contributed by atoms with E-state index in [0.29, 0.717) is 19.4 Å². The number of nitrogens with zero attached hydrogens (tertiary/aromatic N) is 2. The van der Waals surface area contributed by atoms with Crippen molar-refractivity contribution in [3.05, 3.63) is 0 Å². The zero-order chi connectivity index (χ0) is 9.84. The summed E-state index contributed by atoms with van der Waals surface area (Å²) < 4.78 is 0. The van der Waals surface area contributed by atoms with E-state index >= 15 is 0 Å². The molecule has 1 unspecified atom stereocenters. The summed E-state index contributed by atoms with van der Waals surface area (Å²) in [5, 5.41) is 8.71. The Morgan fingerprint density at radius 1 is 1.31 bits per heavy atom. The van der Waals surface area contributed by atoms with Gasteiger partial charge in [-0.05, 0) is 0 Å². The minimum atomic E-state index is -1.08. The highest BCUT2D eigenvalue weighted by molar-refractivity contribution is 5.77.